The van der Waals surface area contributed by atoms with Crippen LogP contribution in [0.2, 0.25) is 0 Å². The first-order chi connectivity index (χ1) is 5.12. The van der Waals surface area contributed by atoms with Gasteiger partial charge in [0.2, 0.25) is 0 Å². The topological polar surface area (TPSA) is 156 Å². The van der Waals surface area contributed by atoms with E-state index >= 15 is 0 Å². The summed E-state index contributed by atoms with van der Waals surface area (Å²) in [6.45, 7) is 0. The van der Waals surface area contributed by atoms with E-state index in [0.29, 0.717) is 0 Å². The maximum absolute atomic E-state index is 10.5. The highest BCUT2D eigenvalue weighted by molar-refractivity contribution is 7.83. The van der Waals surface area contributed by atoms with E-state index in [4.69, 9.17) is 0 Å². The fourth-order valence-electron chi connectivity index (χ4n) is 0.587. The van der Waals surface area contributed by atoms with Gasteiger partial charge in [-0.2, -0.15) is 0 Å². The predicted octanol–water partition coefficient (Wildman–Crippen LogP) is -2.83. The van der Waals surface area contributed by atoms with Crippen molar-refractivity contribution in [3.8, 4) is 0 Å². The molecule has 3 N–H and O–H groups in total. The molecule has 0 radical (unpaired) electrons. The lowest BCUT2D eigenvalue weighted by atomic mass is 13.8. The van der Waals surface area contributed by atoms with Gasteiger partial charge in [-0.15, -0.1) is 0 Å². The molecule has 1 fully saturated rings. The molecule has 0 spiro atoms. The molecule has 0 saturated carbocycles. The Kier molecular flexibility index (Phi) is 2.38. The summed E-state index contributed by atoms with van der Waals surface area (Å²) < 4.78 is 31.5. The van der Waals surface area contributed by atoms with Crippen LogP contribution in [0.3, 0.4) is 0 Å². The Hall–Kier alpha value is 0.450. The SMILES string of the molecule is O=P1([O-])NP(=O)([O-])NP(=O)([O-])N1. The van der Waals surface area contributed by atoms with Crippen LogP contribution in [-0.4, -0.2) is 0 Å². The van der Waals surface area contributed by atoms with E-state index in [9.17, 15) is 28.4 Å². The third kappa shape index (κ3) is 2.74. The molecule has 1 aliphatic rings. The second kappa shape index (κ2) is 2.72. The van der Waals surface area contributed by atoms with Gasteiger partial charge < -0.3 is 28.4 Å². The maximum Gasteiger partial charge on any atom is 0.155 e. The molecule has 1 heterocycles. The first kappa shape index (κ1) is 10.5. The Morgan fingerprint density at radius 1 is 0.667 bits per heavy atom. The Labute approximate surface area is 66.9 Å². The molecule has 72 valence electrons. The van der Waals surface area contributed by atoms with Gasteiger partial charge in [0.1, 0.15) is 0 Å². The zero-order valence-corrected chi connectivity index (χ0v) is 7.97. The summed E-state index contributed by atoms with van der Waals surface area (Å²) in [6, 6.07) is 0. The van der Waals surface area contributed by atoms with Crippen molar-refractivity contribution in [3.63, 3.8) is 0 Å². The molecule has 1 aliphatic heterocycles. The average Bonchev–Trinajstić information content (AvgIpc) is 1.44. The van der Waals surface area contributed by atoms with Gasteiger partial charge in [0.15, 0.2) is 23.0 Å². The van der Waals surface area contributed by atoms with Crippen LogP contribution in [0.4, 0.5) is 0 Å². The van der Waals surface area contributed by atoms with E-state index in [1.807, 2.05) is 0 Å². The Bertz CT molecular complexity index is 263. The van der Waals surface area contributed by atoms with Crippen LogP contribution >= 0.6 is 23.0 Å². The van der Waals surface area contributed by atoms with Crippen LogP contribution in [0.25, 0.3) is 0 Å². The van der Waals surface area contributed by atoms with E-state index in [1.165, 1.54) is 0 Å². The summed E-state index contributed by atoms with van der Waals surface area (Å²) in [5.74, 6) is 0. The monoisotopic (exact) mass is 234 g/mol. The summed E-state index contributed by atoms with van der Waals surface area (Å²) in [7, 11) is -14.4. The van der Waals surface area contributed by atoms with Gasteiger partial charge in [0.05, 0.1) is 0 Å². The van der Waals surface area contributed by atoms with Crippen molar-refractivity contribution in [3.05, 3.63) is 0 Å². The van der Waals surface area contributed by atoms with Gasteiger partial charge in [0, 0.05) is 0 Å². The van der Waals surface area contributed by atoms with E-state index in [0.717, 1.165) is 14.6 Å². The quantitative estimate of drug-likeness (QED) is 0.375. The van der Waals surface area contributed by atoms with Crippen LogP contribution in [0.1, 0.15) is 0 Å². The zero-order valence-electron chi connectivity index (χ0n) is 5.29. The van der Waals surface area contributed by atoms with Gasteiger partial charge in [0.25, 0.3) is 0 Å². The third-order valence-electron chi connectivity index (χ3n) is 0.790. The summed E-state index contributed by atoms with van der Waals surface area (Å²) >= 11 is 0. The molecule has 0 atom stereocenters. The maximum atomic E-state index is 10.5. The number of nitrogens with one attached hydrogen (secondary N) is 3. The molecular weight excluding hydrogens is 231 g/mol. The van der Waals surface area contributed by atoms with Gasteiger partial charge in [-0.1, -0.05) is 0 Å². The lowest BCUT2D eigenvalue weighted by molar-refractivity contribution is -0.202. The fraction of sp³-hybridized carbons (Fsp3) is 0. The molecule has 0 aliphatic carbocycles. The van der Waals surface area contributed by atoms with Crippen molar-refractivity contribution in [1.29, 1.82) is 0 Å². The number of hydrogen-bond donors (Lipinski definition) is 3. The first-order valence-electron chi connectivity index (χ1n) is 2.44. The fourth-order valence-corrected chi connectivity index (χ4v) is 6.49. The molecular formula is H3N3O6P3-3. The highest BCUT2D eigenvalue weighted by atomic mass is 31.3. The minimum Gasteiger partial charge on any atom is -0.775 e. The largest absolute Gasteiger partial charge is 0.775 e. The molecule has 9 nitrogen and oxygen atoms in total. The second-order valence-electron chi connectivity index (χ2n) is 1.95. The summed E-state index contributed by atoms with van der Waals surface area (Å²) in [5, 5.41) is 0. The lowest BCUT2D eigenvalue weighted by Crippen LogP contribution is -2.45. The number of rotatable bonds is 0. The Morgan fingerprint density at radius 3 is 1.00 bits per heavy atom. The van der Waals surface area contributed by atoms with E-state index in [2.05, 4.69) is 0 Å². The van der Waals surface area contributed by atoms with Crippen LogP contribution < -0.4 is 29.3 Å². The van der Waals surface area contributed by atoms with E-state index in [-0.39, 0.29) is 0 Å². The molecule has 0 amide bonds. The van der Waals surface area contributed by atoms with Crippen LogP contribution in [0, 0.1) is 0 Å². The molecule has 1 rings (SSSR count). The van der Waals surface area contributed by atoms with Crippen molar-refractivity contribution in [2.75, 3.05) is 0 Å². The van der Waals surface area contributed by atoms with Crippen LogP contribution in [0.15, 0.2) is 0 Å². The minimum absolute atomic E-state index is 1.09. The lowest BCUT2D eigenvalue weighted by Gasteiger charge is -2.45. The Balaban J connectivity index is 3.05. The van der Waals surface area contributed by atoms with Crippen molar-refractivity contribution in [2.45, 2.75) is 0 Å². The molecule has 0 aromatic heterocycles. The second-order valence-corrected chi connectivity index (χ2v) is 7.66. The van der Waals surface area contributed by atoms with Gasteiger partial charge in [-0.3, -0.25) is 0 Å². The van der Waals surface area contributed by atoms with Crippen molar-refractivity contribution in [1.82, 2.24) is 14.6 Å². The molecule has 0 aromatic rings. The van der Waals surface area contributed by atoms with Crippen LogP contribution in [-0.2, 0) is 13.7 Å². The van der Waals surface area contributed by atoms with Gasteiger partial charge >= 0.3 is 0 Å². The normalized spacial score (nSPS) is 55.2. The van der Waals surface area contributed by atoms with Crippen molar-refractivity contribution < 1.29 is 28.4 Å². The zero-order chi connectivity index (χ0) is 9.62. The van der Waals surface area contributed by atoms with Gasteiger partial charge in [-0.25, -0.2) is 14.6 Å². The molecule has 0 bridgehead atoms. The third-order valence-corrected chi connectivity index (χ3v) is 7.11. The molecule has 12 heteroatoms. The van der Waals surface area contributed by atoms with Crippen molar-refractivity contribution >= 4 is 23.0 Å². The van der Waals surface area contributed by atoms with Crippen molar-refractivity contribution in [2.24, 2.45) is 0 Å². The van der Waals surface area contributed by atoms with Gasteiger partial charge in [-0.05, 0) is 0 Å². The van der Waals surface area contributed by atoms with E-state index < -0.39 is 23.0 Å². The smallest absolute Gasteiger partial charge is 0.155 e. The van der Waals surface area contributed by atoms with Crippen LogP contribution in [0.5, 0.6) is 0 Å². The number of hydrogen-bond acceptors (Lipinski definition) is 6. The minimum atomic E-state index is -4.79. The van der Waals surface area contributed by atoms with E-state index in [1.54, 1.807) is 0 Å². The molecule has 12 heavy (non-hydrogen) atoms. The molecule has 1 saturated heterocycles. The Morgan fingerprint density at radius 2 is 0.833 bits per heavy atom. The first-order valence-corrected chi connectivity index (χ1v) is 7.31. The summed E-state index contributed by atoms with van der Waals surface area (Å²) in [4.78, 5) is 34.8. The molecule has 0 aromatic carbocycles. The highest BCUT2D eigenvalue weighted by Crippen LogP contribution is 2.55. The predicted molar refractivity (Wildman–Crippen MR) is 32.2 cm³/mol. The summed E-state index contributed by atoms with van der Waals surface area (Å²) in [6.07, 6.45) is 0. The molecule has 0 unspecified atom stereocenters. The standard InChI is InChI=1S/H6N3O6P3/c4-10(5)1-11(6,7)3-12(8,9)2-10/h(H6,1,2,3,4,5,6,7,8,9)/p-3. The summed E-state index contributed by atoms with van der Waals surface area (Å²) in [5.41, 5.74) is 0. The highest BCUT2D eigenvalue weighted by Gasteiger charge is 2.29. The average molecular weight is 234 g/mol.